The van der Waals surface area contributed by atoms with Crippen molar-refractivity contribution in [1.82, 2.24) is 0 Å². The fourth-order valence-corrected chi connectivity index (χ4v) is 3.66. The number of rotatable bonds is 10. The third-order valence-corrected chi connectivity index (χ3v) is 5.86. The number of aryl methyl sites for hydroxylation is 1. The van der Waals surface area contributed by atoms with Crippen molar-refractivity contribution in [2.45, 2.75) is 50.8 Å². The first kappa shape index (κ1) is 26.2. The lowest BCUT2D eigenvalue weighted by atomic mass is 9.75. The minimum absolute atomic E-state index is 0.145. The quantitative estimate of drug-likeness (QED) is 0.270. The molecule has 0 spiro atoms. The Balaban J connectivity index is 1.66. The largest absolute Gasteiger partial charge is 0.499 e. The van der Waals surface area contributed by atoms with Gasteiger partial charge in [0.2, 0.25) is 0 Å². The van der Waals surface area contributed by atoms with Gasteiger partial charge in [-0.05, 0) is 80.6 Å². The van der Waals surface area contributed by atoms with Crippen molar-refractivity contribution in [3.63, 3.8) is 0 Å². The average molecular weight is 492 g/mol. The molecule has 0 aromatic heterocycles. The monoisotopic (exact) mass is 492 g/mol. The Bertz CT molecular complexity index is 1130. The van der Waals surface area contributed by atoms with Gasteiger partial charge in [0, 0.05) is 0 Å². The fourth-order valence-electron chi connectivity index (χ4n) is 3.66. The first-order valence-corrected chi connectivity index (χ1v) is 11.0. The first-order chi connectivity index (χ1) is 16.4. The highest BCUT2D eigenvalue weighted by atomic mass is 19.4. The van der Waals surface area contributed by atoms with Gasteiger partial charge in [-0.25, -0.2) is 0 Å². The third-order valence-electron chi connectivity index (χ3n) is 5.86. The van der Waals surface area contributed by atoms with Crippen molar-refractivity contribution in [2.75, 3.05) is 0 Å². The topological polar surface area (TPSA) is 35.5 Å². The second-order valence-corrected chi connectivity index (χ2v) is 8.45. The maximum absolute atomic E-state index is 13.1. The van der Waals surface area contributed by atoms with Gasteiger partial charge in [-0.15, -0.1) is 0 Å². The summed E-state index contributed by atoms with van der Waals surface area (Å²) in [5.74, 6) is 0.619. The SMILES string of the molecule is CC(=O)C(C)(CCCc1cccc(Oc2ccccc2)c1)c1ccc(OC(F)(F)C(F)(F)F)cc1. The van der Waals surface area contributed by atoms with Gasteiger partial charge in [-0.3, -0.25) is 4.79 Å². The maximum atomic E-state index is 13.1. The highest BCUT2D eigenvalue weighted by molar-refractivity contribution is 5.87. The summed E-state index contributed by atoms with van der Waals surface area (Å²) in [6.07, 6.45) is -9.39. The van der Waals surface area contributed by atoms with Gasteiger partial charge < -0.3 is 9.47 Å². The summed E-state index contributed by atoms with van der Waals surface area (Å²) in [6.45, 7) is 3.15. The molecule has 0 N–H and O–H groups in total. The van der Waals surface area contributed by atoms with Gasteiger partial charge in [-0.2, -0.15) is 22.0 Å². The Kier molecular flexibility index (Phi) is 7.83. The van der Waals surface area contributed by atoms with Gasteiger partial charge >= 0.3 is 12.3 Å². The Morgan fingerprint density at radius 1 is 0.800 bits per heavy atom. The summed E-state index contributed by atoms with van der Waals surface area (Å²) in [4.78, 5) is 12.5. The van der Waals surface area contributed by atoms with E-state index in [2.05, 4.69) is 4.74 Å². The molecule has 0 fully saturated rings. The third kappa shape index (κ3) is 6.59. The number of Topliss-reactive ketones (excluding diaryl/α,β-unsaturated/α-hetero) is 1. The Labute approximate surface area is 200 Å². The number of hydrogen-bond donors (Lipinski definition) is 0. The van der Waals surface area contributed by atoms with Crippen LogP contribution in [-0.2, 0) is 16.6 Å². The molecule has 0 amide bonds. The van der Waals surface area contributed by atoms with Crippen molar-refractivity contribution >= 4 is 5.78 Å². The van der Waals surface area contributed by atoms with Crippen LogP contribution in [0.15, 0.2) is 78.9 Å². The van der Waals surface area contributed by atoms with Crippen LogP contribution >= 0.6 is 0 Å². The minimum Gasteiger partial charge on any atom is -0.457 e. The second kappa shape index (κ2) is 10.5. The highest BCUT2D eigenvalue weighted by Gasteiger charge is 2.61. The van der Waals surface area contributed by atoms with Crippen LogP contribution in [-0.4, -0.2) is 18.1 Å². The van der Waals surface area contributed by atoms with Crippen LogP contribution in [0.1, 0.15) is 37.8 Å². The van der Waals surface area contributed by atoms with Gasteiger partial charge in [0.15, 0.2) is 0 Å². The predicted octanol–water partition coefficient (Wildman–Crippen LogP) is 7.88. The molecule has 35 heavy (non-hydrogen) atoms. The lowest BCUT2D eigenvalue weighted by Crippen LogP contribution is -2.41. The van der Waals surface area contributed by atoms with E-state index >= 15 is 0 Å². The van der Waals surface area contributed by atoms with Crippen molar-refractivity contribution in [3.05, 3.63) is 90.0 Å². The van der Waals surface area contributed by atoms with Gasteiger partial charge in [0.25, 0.3) is 0 Å². The second-order valence-electron chi connectivity index (χ2n) is 8.45. The zero-order valence-electron chi connectivity index (χ0n) is 19.2. The van der Waals surface area contributed by atoms with E-state index in [0.717, 1.165) is 17.7 Å². The molecule has 1 unspecified atom stereocenters. The Hall–Kier alpha value is -3.42. The number of hydrogen-bond acceptors (Lipinski definition) is 3. The Morgan fingerprint density at radius 2 is 1.43 bits per heavy atom. The van der Waals surface area contributed by atoms with Crippen molar-refractivity contribution in [2.24, 2.45) is 0 Å². The van der Waals surface area contributed by atoms with Crippen LogP contribution < -0.4 is 9.47 Å². The van der Waals surface area contributed by atoms with Crippen molar-refractivity contribution in [1.29, 1.82) is 0 Å². The van der Waals surface area contributed by atoms with E-state index in [1.54, 1.807) is 6.92 Å². The normalized spacial score (nSPS) is 13.7. The summed E-state index contributed by atoms with van der Waals surface area (Å²) < 4.78 is 73.1. The smallest absolute Gasteiger partial charge is 0.457 e. The molecule has 1 atom stereocenters. The maximum Gasteiger partial charge on any atom is 0.499 e. The van der Waals surface area contributed by atoms with Crippen LogP contribution in [0.4, 0.5) is 22.0 Å². The molecule has 0 saturated carbocycles. The average Bonchev–Trinajstić information content (AvgIpc) is 2.79. The summed E-state index contributed by atoms with van der Waals surface area (Å²) in [7, 11) is 0. The molecule has 0 aliphatic rings. The molecular weight excluding hydrogens is 467 g/mol. The fraction of sp³-hybridized carbons (Fsp3) is 0.296. The number of carbonyl (C=O) groups is 1. The standard InChI is InChI=1S/C27H25F5O3/c1-19(33)25(2,21-13-15-23(16-14-21)35-27(31,32)26(28,29)30)17-7-9-20-8-6-12-24(18-20)34-22-10-4-3-5-11-22/h3-6,8,10-16,18H,7,9,17H2,1-2H3. The highest BCUT2D eigenvalue weighted by Crippen LogP contribution is 2.38. The number of para-hydroxylation sites is 1. The van der Waals surface area contributed by atoms with E-state index in [1.165, 1.54) is 19.1 Å². The van der Waals surface area contributed by atoms with E-state index in [1.807, 2.05) is 54.6 Å². The minimum atomic E-state index is -5.83. The van der Waals surface area contributed by atoms with E-state index in [9.17, 15) is 26.7 Å². The Morgan fingerprint density at radius 3 is 2.03 bits per heavy atom. The van der Waals surface area contributed by atoms with E-state index in [0.29, 0.717) is 36.3 Å². The number of ketones is 1. The summed E-state index contributed by atoms with van der Waals surface area (Å²) in [5.41, 5.74) is 0.583. The predicted molar refractivity (Wildman–Crippen MR) is 122 cm³/mol. The molecule has 0 radical (unpaired) electrons. The summed E-state index contributed by atoms with van der Waals surface area (Å²) in [5, 5.41) is 0. The lowest BCUT2D eigenvalue weighted by Gasteiger charge is -2.28. The zero-order chi connectivity index (χ0) is 25.7. The molecule has 0 heterocycles. The molecule has 3 aromatic carbocycles. The van der Waals surface area contributed by atoms with E-state index < -0.39 is 23.4 Å². The molecule has 8 heteroatoms. The number of halogens is 5. The van der Waals surface area contributed by atoms with Crippen LogP contribution in [0.5, 0.6) is 17.2 Å². The first-order valence-electron chi connectivity index (χ1n) is 11.0. The van der Waals surface area contributed by atoms with Gasteiger partial charge in [-0.1, -0.05) is 42.5 Å². The van der Waals surface area contributed by atoms with Crippen LogP contribution in [0.2, 0.25) is 0 Å². The number of carbonyl (C=O) groups excluding carboxylic acids is 1. The van der Waals surface area contributed by atoms with Crippen molar-refractivity contribution < 1.29 is 36.2 Å². The number of ether oxygens (including phenoxy) is 2. The summed E-state index contributed by atoms with van der Waals surface area (Å²) >= 11 is 0. The molecule has 0 aliphatic carbocycles. The van der Waals surface area contributed by atoms with Gasteiger partial charge in [0.1, 0.15) is 23.0 Å². The molecular formula is C27H25F5O3. The summed E-state index contributed by atoms with van der Waals surface area (Å²) in [6, 6.07) is 21.7. The van der Waals surface area contributed by atoms with Gasteiger partial charge in [0.05, 0.1) is 5.41 Å². The van der Waals surface area contributed by atoms with Crippen LogP contribution in [0, 0.1) is 0 Å². The molecule has 186 valence electrons. The van der Waals surface area contributed by atoms with Crippen LogP contribution in [0.25, 0.3) is 0 Å². The molecule has 0 bridgehead atoms. The van der Waals surface area contributed by atoms with E-state index in [4.69, 9.17) is 4.74 Å². The number of alkyl halides is 5. The van der Waals surface area contributed by atoms with E-state index in [-0.39, 0.29) is 5.78 Å². The lowest BCUT2D eigenvalue weighted by molar-refractivity contribution is -0.360. The van der Waals surface area contributed by atoms with Crippen LogP contribution in [0.3, 0.4) is 0 Å². The molecule has 3 aromatic rings. The molecule has 3 nitrogen and oxygen atoms in total. The number of benzene rings is 3. The molecule has 0 aliphatic heterocycles. The zero-order valence-corrected chi connectivity index (χ0v) is 19.2. The molecule has 3 rings (SSSR count). The van der Waals surface area contributed by atoms with Crippen molar-refractivity contribution in [3.8, 4) is 17.2 Å². The molecule has 0 saturated heterocycles.